The van der Waals surface area contributed by atoms with Crippen molar-refractivity contribution in [2.75, 3.05) is 11.9 Å². The normalized spacial score (nSPS) is 20.2. The maximum absolute atomic E-state index is 12.4. The molecule has 1 aliphatic heterocycles. The highest BCUT2D eigenvalue weighted by atomic mass is 35.5. The van der Waals surface area contributed by atoms with Gasteiger partial charge < -0.3 is 10.1 Å². The lowest BCUT2D eigenvalue weighted by atomic mass is 9.89. The van der Waals surface area contributed by atoms with E-state index in [0.29, 0.717) is 23.3 Å². The van der Waals surface area contributed by atoms with Crippen LogP contribution in [0, 0.1) is 5.92 Å². The maximum Gasteiger partial charge on any atom is 0.317 e. The molecule has 0 spiro atoms. The third-order valence-corrected chi connectivity index (χ3v) is 3.72. The van der Waals surface area contributed by atoms with Gasteiger partial charge in [0, 0.05) is 10.7 Å². The molecule has 2 unspecified atom stereocenters. The Morgan fingerprint density at radius 1 is 1.45 bits per heavy atom. The van der Waals surface area contributed by atoms with E-state index < -0.39 is 12.0 Å². The fourth-order valence-corrected chi connectivity index (χ4v) is 2.64. The Morgan fingerprint density at radius 2 is 2.18 bits per heavy atom. The standard InChI is InChI=1S/C14H14ClN5O2/c1-3-22-13(21)11-8(2)16-14-17-18-19-20(14)12(11)9-4-6-10(15)7-5-9/h4-7,11-12H,2-3H2,1H3,(H,16,17,19). The van der Waals surface area contributed by atoms with Crippen molar-refractivity contribution < 1.29 is 9.53 Å². The highest BCUT2D eigenvalue weighted by Gasteiger charge is 2.40. The molecule has 1 aromatic heterocycles. The molecule has 1 aromatic carbocycles. The minimum absolute atomic E-state index is 0.290. The number of hydrogen-bond acceptors (Lipinski definition) is 6. The van der Waals surface area contributed by atoms with Crippen LogP contribution in [0.5, 0.6) is 0 Å². The lowest BCUT2D eigenvalue weighted by Gasteiger charge is -2.32. The molecule has 3 rings (SSSR count). The molecule has 2 heterocycles. The number of fused-ring (bicyclic) bond motifs is 1. The lowest BCUT2D eigenvalue weighted by Crippen LogP contribution is -2.37. The van der Waals surface area contributed by atoms with E-state index >= 15 is 0 Å². The summed E-state index contributed by atoms with van der Waals surface area (Å²) in [6.07, 6.45) is 0. The van der Waals surface area contributed by atoms with Gasteiger partial charge in [-0.05, 0) is 35.0 Å². The zero-order valence-corrected chi connectivity index (χ0v) is 12.6. The van der Waals surface area contributed by atoms with E-state index in [2.05, 4.69) is 27.4 Å². The summed E-state index contributed by atoms with van der Waals surface area (Å²) in [5.74, 6) is -0.566. The molecule has 22 heavy (non-hydrogen) atoms. The van der Waals surface area contributed by atoms with Crippen molar-refractivity contribution in [1.29, 1.82) is 0 Å². The van der Waals surface area contributed by atoms with E-state index in [0.717, 1.165) is 5.56 Å². The molecule has 0 bridgehead atoms. The van der Waals surface area contributed by atoms with Crippen LogP contribution < -0.4 is 5.32 Å². The fourth-order valence-electron chi connectivity index (χ4n) is 2.51. The van der Waals surface area contributed by atoms with E-state index in [1.165, 1.54) is 0 Å². The summed E-state index contributed by atoms with van der Waals surface area (Å²) >= 11 is 5.94. The van der Waals surface area contributed by atoms with Gasteiger partial charge in [-0.15, -0.1) is 0 Å². The number of halogens is 1. The average molecular weight is 320 g/mol. The van der Waals surface area contributed by atoms with Gasteiger partial charge in [-0.25, -0.2) is 4.68 Å². The van der Waals surface area contributed by atoms with Crippen LogP contribution >= 0.6 is 11.6 Å². The number of carbonyl (C=O) groups is 1. The van der Waals surface area contributed by atoms with Crippen molar-refractivity contribution >= 4 is 23.5 Å². The minimum Gasteiger partial charge on any atom is -0.465 e. The number of rotatable bonds is 3. The second-order valence-corrected chi connectivity index (χ2v) is 5.26. The number of tetrazole rings is 1. The Bertz CT molecular complexity index is 712. The number of anilines is 1. The van der Waals surface area contributed by atoms with Crippen LogP contribution in [0.1, 0.15) is 18.5 Å². The highest BCUT2D eigenvalue weighted by Crippen LogP contribution is 2.37. The molecule has 0 aliphatic carbocycles. The summed E-state index contributed by atoms with van der Waals surface area (Å²) in [5.41, 5.74) is 1.35. The van der Waals surface area contributed by atoms with Gasteiger partial charge in [0.1, 0.15) is 12.0 Å². The molecule has 1 aliphatic rings. The first-order valence-corrected chi connectivity index (χ1v) is 7.15. The van der Waals surface area contributed by atoms with E-state index in [1.807, 2.05) is 12.1 Å². The Balaban J connectivity index is 2.09. The lowest BCUT2D eigenvalue weighted by molar-refractivity contribution is -0.147. The van der Waals surface area contributed by atoms with Crippen molar-refractivity contribution in [2.24, 2.45) is 5.92 Å². The van der Waals surface area contributed by atoms with Crippen molar-refractivity contribution in [3.05, 3.63) is 47.1 Å². The number of hydrogen-bond donors (Lipinski definition) is 1. The first-order chi connectivity index (χ1) is 10.6. The van der Waals surface area contributed by atoms with Crippen LogP contribution in [0.2, 0.25) is 5.02 Å². The van der Waals surface area contributed by atoms with Crippen LogP contribution in [-0.4, -0.2) is 32.8 Å². The predicted octanol–water partition coefficient (Wildman–Crippen LogP) is 2.03. The van der Waals surface area contributed by atoms with Crippen LogP contribution in [-0.2, 0) is 9.53 Å². The molecule has 0 radical (unpaired) electrons. The number of esters is 1. The smallest absolute Gasteiger partial charge is 0.317 e. The Hall–Kier alpha value is -2.41. The molecular formula is C14H14ClN5O2. The molecule has 2 atom stereocenters. The van der Waals surface area contributed by atoms with Gasteiger partial charge in [-0.3, -0.25) is 4.79 Å². The van der Waals surface area contributed by atoms with Gasteiger partial charge in [0.15, 0.2) is 0 Å². The number of nitrogens with zero attached hydrogens (tertiary/aromatic N) is 4. The average Bonchev–Trinajstić information content (AvgIpc) is 2.94. The second-order valence-electron chi connectivity index (χ2n) is 4.82. The topological polar surface area (TPSA) is 81.9 Å². The number of carbonyl (C=O) groups excluding carboxylic acids is 1. The van der Waals surface area contributed by atoms with Crippen molar-refractivity contribution in [1.82, 2.24) is 20.2 Å². The van der Waals surface area contributed by atoms with Gasteiger partial charge in [0.2, 0.25) is 5.95 Å². The fraction of sp³-hybridized carbons (Fsp3) is 0.286. The quantitative estimate of drug-likeness (QED) is 0.872. The molecule has 7 nitrogen and oxygen atoms in total. The highest BCUT2D eigenvalue weighted by molar-refractivity contribution is 6.30. The van der Waals surface area contributed by atoms with Gasteiger partial charge in [-0.2, -0.15) is 0 Å². The molecule has 0 fully saturated rings. The minimum atomic E-state index is -0.628. The molecule has 0 saturated carbocycles. The van der Waals surface area contributed by atoms with Crippen LogP contribution in [0.3, 0.4) is 0 Å². The van der Waals surface area contributed by atoms with Crippen LogP contribution in [0.15, 0.2) is 36.5 Å². The summed E-state index contributed by atoms with van der Waals surface area (Å²) in [5, 5.41) is 15.1. The van der Waals surface area contributed by atoms with Gasteiger partial charge in [-0.1, -0.05) is 35.4 Å². The SMILES string of the molecule is C=C1Nc2nnnn2C(c2ccc(Cl)cc2)C1C(=O)OCC. The van der Waals surface area contributed by atoms with Crippen LogP contribution in [0.4, 0.5) is 5.95 Å². The van der Waals surface area contributed by atoms with Crippen LogP contribution in [0.25, 0.3) is 0 Å². The summed E-state index contributed by atoms with van der Waals surface area (Å²) in [6.45, 7) is 5.97. The number of nitrogens with one attached hydrogen (secondary N) is 1. The van der Waals surface area contributed by atoms with E-state index in [4.69, 9.17) is 16.3 Å². The van der Waals surface area contributed by atoms with Gasteiger partial charge in [0.25, 0.3) is 0 Å². The molecular weight excluding hydrogens is 306 g/mol. The summed E-state index contributed by atoms with van der Waals surface area (Å²) < 4.78 is 6.73. The molecule has 114 valence electrons. The molecule has 8 heteroatoms. The molecule has 0 amide bonds. The largest absolute Gasteiger partial charge is 0.465 e. The first kappa shape index (κ1) is 14.5. The van der Waals surface area contributed by atoms with E-state index in [-0.39, 0.29) is 5.97 Å². The third-order valence-electron chi connectivity index (χ3n) is 3.47. The number of aromatic nitrogens is 4. The summed E-state index contributed by atoms with van der Waals surface area (Å²) in [7, 11) is 0. The summed E-state index contributed by atoms with van der Waals surface area (Å²) in [6, 6.07) is 6.75. The third kappa shape index (κ3) is 2.43. The van der Waals surface area contributed by atoms with Gasteiger partial charge >= 0.3 is 5.97 Å². The number of ether oxygens (including phenoxy) is 1. The van der Waals surface area contributed by atoms with Crippen molar-refractivity contribution in [2.45, 2.75) is 13.0 Å². The Kier molecular flexibility index (Phi) is 3.81. The summed E-state index contributed by atoms with van der Waals surface area (Å²) in [4.78, 5) is 12.4. The molecule has 2 aromatic rings. The second kappa shape index (κ2) is 5.76. The monoisotopic (exact) mass is 319 g/mol. The predicted molar refractivity (Wildman–Crippen MR) is 80.3 cm³/mol. The molecule has 0 saturated heterocycles. The van der Waals surface area contributed by atoms with E-state index in [9.17, 15) is 4.79 Å². The maximum atomic E-state index is 12.4. The molecule has 1 N–H and O–H groups in total. The van der Waals surface area contributed by atoms with E-state index in [1.54, 1.807) is 23.7 Å². The number of benzene rings is 1. The zero-order chi connectivity index (χ0) is 15.7. The Labute approximate surface area is 131 Å². The van der Waals surface area contributed by atoms with Gasteiger partial charge in [0.05, 0.1) is 6.61 Å². The first-order valence-electron chi connectivity index (χ1n) is 6.77. The van der Waals surface area contributed by atoms with Crippen molar-refractivity contribution in [3.8, 4) is 0 Å². The zero-order valence-electron chi connectivity index (χ0n) is 11.9. The Morgan fingerprint density at radius 3 is 2.86 bits per heavy atom. The van der Waals surface area contributed by atoms with Crippen molar-refractivity contribution in [3.63, 3.8) is 0 Å².